The summed E-state index contributed by atoms with van der Waals surface area (Å²) in [4.78, 5) is 10.8. The molecule has 1 rings (SSSR count). The number of aryl methyl sites for hydroxylation is 1. The van der Waals surface area contributed by atoms with Gasteiger partial charge in [0.25, 0.3) is 0 Å². The van der Waals surface area contributed by atoms with Crippen molar-refractivity contribution in [3.63, 3.8) is 0 Å². The number of esters is 1. The summed E-state index contributed by atoms with van der Waals surface area (Å²) in [7, 11) is 2.66. The summed E-state index contributed by atoms with van der Waals surface area (Å²) in [6, 6.07) is 0. The molecule has 1 heterocycles. The maximum Gasteiger partial charge on any atom is 0.359 e. The quantitative estimate of drug-likeness (QED) is 0.554. The summed E-state index contributed by atoms with van der Waals surface area (Å²) in [6.07, 6.45) is 0.965. The van der Waals surface area contributed by atoms with E-state index >= 15 is 0 Å². The lowest BCUT2D eigenvalue weighted by Gasteiger charge is -1.97. The van der Waals surface area contributed by atoms with Gasteiger partial charge in [-0.3, -0.25) is 4.68 Å². The molecular formula is C6H7FN2O2. The van der Waals surface area contributed by atoms with Crippen molar-refractivity contribution >= 4 is 5.97 Å². The average Bonchev–Trinajstić information content (AvgIpc) is 2.30. The van der Waals surface area contributed by atoms with Gasteiger partial charge in [-0.05, 0) is 0 Å². The predicted octanol–water partition coefficient (Wildman–Crippen LogP) is 0.346. The lowest BCUT2D eigenvalue weighted by Crippen LogP contribution is -2.09. The van der Waals surface area contributed by atoms with E-state index < -0.39 is 11.8 Å². The molecule has 60 valence electrons. The van der Waals surface area contributed by atoms with Gasteiger partial charge >= 0.3 is 5.97 Å². The molecule has 1 aromatic heterocycles. The van der Waals surface area contributed by atoms with Crippen LogP contribution in [0, 0.1) is 5.82 Å². The molecule has 0 saturated carbocycles. The number of aromatic nitrogens is 2. The van der Waals surface area contributed by atoms with Crippen LogP contribution in [-0.4, -0.2) is 22.9 Å². The molecule has 11 heavy (non-hydrogen) atoms. The summed E-state index contributed by atoms with van der Waals surface area (Å²) in [5, 5.41) is 3.53. The number of carbonyl (C=O) groups is 1. The first-order valence-electron chi connectivity index (χ1n) is 2.92. The Balaban J connectivity index is 3.10. The molecule has 0 saturated heterocycles. The van der Waals surface area contributed by atoms with Gasteiger partial charge in [-0.1, -0.05) is 0 Å². The molecule has 0 bridgehead atoms. The molecule has 4 nitrogen and oxygen atoms in total. The number of ether oxygens (including phenoxy) is 1. The Morgan fingerprint density at radius 3 is 2.82 bits per heavy atom. The number of rotatable bonds is 1. The fraction of sp³-hybridized carbons (Fsp3) is 0.333. The van der Waals surface area contributed by atoms with Crippen molar-refractivity contribution in [2.24, 2.45) is 7.05 Å². The highest BCUT2D eigenvalue weighted by Crippen LogP contribution is 2.05. The van der Waals surface area contributed by atoms with Crippen molar-refractivity contribution in [1.29, 1.82) is 0 Å². The van der Waals surface area contributed by atoms with Crippen molar-refractivity contribution in [1.82, 2.24) is 9.78 Å². The van der Waals surface area contributed by atoms with Crippen molar-refractivity contribution in [3.8, 4) is 0 Å². The number of nitrogens with zero attached hydrogens (tertiary/aromatic N) is 2. The Hall–Kier alpha value is -1.39. The van der Waals surface area contributed by atoms with Crippen LogP contribution in [0.1, 0.15) is 10.5 Å². The summed E-state index contributed by atoms with van der Waals surface area (Å²) < 4.78 is 18.1. The van der Waals surface area contributed by atoms with E-state index in [2.05, 4.69) is 9.84 Å². The standard InChI is InChI=1S/C6H7FN2O2/c1-9-5(6(10)11-2)4(7)3-8-9/h3H,1-2H3. The maximum absolute atomic E-state index is 12.7. The van der Waals surface area contributed by atoms with Crippen LogP contribution >= 0.6 is 0 Å². The predicted molar refractivity (Wildman–Crippen MR) is 34.5 cm³/mol. The minimum absolute atomic E-state index is 0.160. The van der Waals surface area contributed by atoms with Gasteiger partial charge < -0.3 is 4.74 Å². The third-order valence-corrected chi connectivity index (χ3v) is 1.27. The molecule has 1 aromatic rings. The van der Waals surface area contributed by atoms with Crippen molar-refractivity contribution in [3.05, 3.63) is 17.7 Å². The maximum atomic E-state index is 12.7. The molecule has 0 N–H and O–H groups in total. The Morgan fingerprint density at radius 1 is 1.82 bits per heavy atom. The van der Waals surface area contributed by atoms with Crippen LogP contribution in [0.25, 0.3) is 0 Å². The molecular weight excluding hydrogens is 151 g/mol. The lowest BCUT2D eigenvalue weighted by molar-refractivity contribution is 0.0583. The summed E-state index contributed by atoms with van der Waals surface area (Å²) in [5.41, 5.74) is -0.160. The lowest BCUT2D eigenvalue weighted by atomic mass is 10.4. The number of hydrogen-bond acceptors (Lipinski definition) is 3. The summed E-state index contributed by atoms with van der Waals surface area (Å²) >= 11 is 0. The number of halogens is 1. The first-order chi connectivity index (χ1) is 5.16. The number of carbonyl (C=O) groups excluding carboxylic acids is 1. The first-order valence-corrected chi connectivity index (χ1v) is 2.92. The van der Waals surface area contributed by atoms with Crippen molar-refractivity contribution in [2.75, 3.05) is 7.11 Å². The van der Waals surface area contributed by atoms with Crippen LogP contribution in [0.2, 0.25) is 0 Å². The zero-order valence-electron chi connectivity index (χ0n) is 6.17. The zero-order chi connectivity index (χ0) is 8.43. The largest absolute Gasteiger partial charge is 0.464 e. The SMILES string of the molecule is COC(=O)c1c(F)cnn1C. The van der Waals surface area contributed by atoms with Crippen LogP contribution in [0.5, 0.6) is 0 Å². The Labute approximate surface area is 62.6 Å². The van der Waals surface area contributed by atoms with E-state index in [1.54, 1.807) is 0 Å². The zero-order valence-corrected chi connectivity index (χ0v) is 6.17. The second-order valence-electron chi connectivity index (χ2n) is 1.96. The molecule has 0 aliphatic heterocycles. The number of hydrogen-bond donors (Lipinski definition) is 0. The third-order valence-electron chi connectivity index (χ3n) is 1.27. The van der Waals surface area contributed by atoms with E-state index in [1.165, 1.54) is 14.2 Å². The van der Waals surface area contributed by atoms with Gasteiger partial charge in [0.2, 0.25) is 0 Å². The van der Waals surface area contributed by atoms with Gasteiger partial charge in [-0.2, -0.15) is 5.10 Å². The van der Waals surface area contributed by atoms with Gasteiger partial charge in [0.1, 0.15) is 0 Å². The van der Waals surface area contributed by atoms with Gasteiger partial charge in [0.05, 0.1) is 13.3 Å². The van der Waals surface area contributed by atoms with Crippen LogP contribution in [0.4, 0.5) is 4.39 Å². The highest BCUT2D eigenvalue weighted by atomic mass is 19.1. The first kappa shape index (κ1) is 7.71. The average molecular weight is 158 g/mol. The van der Waals surface area contributed by atoms with Gasteiger partial charge in [-0.15, -0.1) is 0 Å². The fourth-order valence-corrected chi connectivity index (χ4v) is 0.737. The molecule has 0 radical (unpaired) electrons. The van der Waals surface area contributed by atoms with Crippen LogP contribution < -0.4 is 0 Å². The monoisotopic (exact) mass is 158 g/mol. The summed E-state index contributed by atoms with van der Waals surface area (Å²) in [5.74, 6) is -1.39. The molecule has 0 aromatic carbocycles. The minimum Gasteiger partial charge on any atom is -0.464 e. The molecule has 5 heteroatoms. The van der Waals surface area contributed by atoms with E-state index in [-0.39, 0.29) is 5.69 Å². The topological polar surface area (TPSA) is 44.1 Å². The van der Waals surface area contributed by atoms with Crippen molar-refractivity contribution < 1.29 is 13.9 Å². The normalized spacial score (nSPS) is 9.73. The highest BCUT2D eigenvalue weighted by molar-refractivity contribution is 5.87. The Morgan fingerprint density at radius 2 is 2.45 bits per heavy atom. The minimum atomic E-state index is -0.720. The molecule has 0 unspecified atom stereocenters. The van der Waals surface area contributed by atoms with E-state index in [1.807, 2.05) is 0 Å². The van der Waals surface area contributed by atoms with E-state index in [9.17, 15) is 9.18 Å². The smallest absolute Gasteiger partial charge is 0.359 e. The van der Waals surface area contributed by atoms with Crippen LogP contribution in [0.15, 0.2) is 6.20 Å². The molecule has 0 spiro atoms. The number of methoxy groups -OCH3 is 1. The Kier molecular flexibility index (Phi) is 1.89. The van der Waals surface area contributed by atoms with Crippen LogP contribution in [0.3, 0.4) is 0 Å². The third kappa shape index (κ3) is 1.21. The van der Waals surface area contributed by atoms with Gasteiger partial charge in [-0.25, -0.2) is 9.18 Å². The van der Waals surface area contributed by atoms with Gasteiger partial charge in [0, 0.05) is 7.05 Å². The van der Waals surface area contributed by atoms with E-state index in [0.717, 1.165) is 10.9 Å². The molecule has 0 amide bonds. The molecule has 0 fully saturated rings. The highest BCUT2D eigenvalue weighted by Gasteiger charge is 2.16. The van der Waals surface area contributed by atoms with E-state index in [0.29, 0.717) is 0 Å². The second kappa shape index (κ2) is 2.69. The Bertz CT molecular complexity index is 263. The molecule has 0 atom stereocenters. The molecule has 0 aliphatic rings. The fourth-order valence-electron chi connectivity index (χ4n) is 0.737. The van der Waals surface area contributed by atoms with Crippen molar-refractivity contribution in [2.45, 2.75) is 0 Å². The van der Waals surface area contributed by atoms with E-state index in [4.69, 9.17) is 0 Å². The second-order valence-corrected chi connectivity index (χ2v) is 1.96. The summed E-state index contributed by atoms with van der Waals surface area (Å²) in [6.45, 7) is 0. The van der Waals surface area contributed by atoms with Gasteiger partial charge in [0.15, 0.2) is 11.5 Å². The van der Waals surface area contributed by atoms with Crippen LogP contribution in [-0.2, 0) is 11.8 Å². The molecule has 0 aliphatic carbocycles.